The Kier molecular flexibility index (Phi) is 5.70. The Morgan fingerprint density at radius 2 is 1.77 bits per heavy atom. The first-order chi connectivity index (χ1) is 12.7. The summed E-state index contributed by atoms with van der Waals surface area (Å²) in [6.45, 7) is 5.57. The van der Waals surface area contributed by atoms with E-state index in [2.05, 4.69) is 29.3 Å². The summed E-state index contributed by atoms with van der Waals surface area (Å²) in [5.74, 6) is 0.890. The molecular weight excluding hydrogens is 322 g/mol. The molecular formula is C22H35N3O. The van der Waals surface area contributed by atoms with E-state index in [1.54, 1.807) is 0 Å². The molecule has 1 saturated heterocycles. The molecule has 4 nitrogen and oxygen atoms in total. The highest BCUT2D eigenvalue weighted by Crippen LogP contribution is 2.32. The molecule has 1 heterocycles. The minimum Gasteiger partial charge on any atom is -0.397 e. The number of hydrogen-bond donors (Lipinski definition) is 2. The minimum absolute atomic E-state index is 0.537. The molecule has 0 bridgehead atoms. The highest BCUT2D eigenvalue weighted by Gasteiger charge is 2.30. The fraction of sp³-hybridized carbons (Fsp3) is 0.727. The third kappa shape index (κ3) is 4.72. The molecule has 4 rings (SSSR count). The zero-order chi connectivity index (χ0) is 17.9. The van der Waals surface area contributed by atoms with Gasteiger partial charge in [0.2, 0.25) is 0 Å². The van der Waals surface area contributed by atoms with Crippen molar-refractivity contribution in [2.24, 2.45) is 5.92 Å². The number of nitrogen functional groups attached to an aromatic ring is 1. The number of rotatable bonds is 6. The second kappa shape index (κ2) is 8.18. The van der Waals surface area contributed by atoms with Gasteiger partial charge in [0, 0.05) is 31.8 Å². The van der Waals surface area contributed by atoms with Crippen LogP contribution in [0, 0.1) is 12.8 Å². The Morgan fingerprint density at radius 1 is 1.04 bits per heavy atom. The van der Waals surface area contributed by atoms with Crippen molar-refractivity contribution in [3.63, 3.8) is 0 Å². The lowest BCUT2D eigenvalue weighted by Crippen LogP contribution is -2.46. The molecule has 0 atom stereocenters. The molecule has 0 amide bonds. The summed E-state index contributed by atoms with van der Waals surface area (Å²) >= 11 is 0. The quantitative estimate of drug-likeness (QED) is 0.750. The Hall–Kier alpha value is -1.26. The lowest BCUT2D eigenvalue weighted by molar-refractivity contribution is -0.000621. The fourth-order valence-electron chi connectivity index (χ4n) is 4.56. The summed E-state index contributed by atoms with van der Waals surface area (Å²) in [6.07, 6.45) is 10.9. The van der Waals surface area contributed by atoms with Gasteiger partial charge >= 0.3 is 0 Å². The van der Waals surface area contributed by atoms with Crippen LogP contribution in [0.1, 0.15) is 56.9 Å². The number of aryl methyl sites for hydroxylation is 1. The lowest BCUT2D eigenvalue weighted by atomic mass is 9.90. The maximum Gasteiger partial charge on any atom is 0.0578 e. The number of ether oxygens (including phenoxy) is 1. The van der Waals surface area contributed by atoms with E-state index in [1.807, 2.05) is 6.07 Å². The van der Waals surface area contributed by atoms with E-state index in [4.69, 9.17) is 10.5 Å². The van der Waals surface area contributed by atoms with E-state index in [0.29, 0.717) is 12.1 Å². The third-order valence-corrected chi connectivity index (χ3v) is 6.52. The van der Waals surface area contributed by atoms with Gasteiger partial charge in [0.05, 0.1) is 17.5 Å². The summed E-state index contributed by atoms with van der Waals surface area (Å²) < 4.78 is 6.11. The van der Waals surface area contributed by atoms with Gasteiger partial charge in [-0.2, -0.15) is 0 Å². The topological polar surface area (TPSA) is 50.5 Å². The fourth-order valence-corrected chi connectivity index (χ4v) is 4.56. The molecule has 1 aromatic rings. The number of benzene rings is 1. The van der Waals surface area contributed by atoms with E-state index < -0.39 is 0 Å². The van der Waals surface area contributed by atoms with Crippen molar-refractivity contribution >= 4 is 11.4 Å². The van der Waals surface area contributed by atoms with E-state index in [1.165, 1.54) is 70.0 Å². The molecule has 1 aliphatic heterocycles. The highest BCUT2D eigenvalue weighted by molar-refractivity contribution is 5.67. The van der Waals surface area contributed by atoms with Crippen molar-refractivity contribution < 1.29 is 4.74 Å². The molecule has 2 aliphatic carbocycles. The molecule has 144 valence electrons. The maximum atomic E-state index is 6.13. The Labute approximate surface area is 158 Å². The van der Waals surface area contributed by atoms with E-state index >= 15 is 0 Å². The minimum atomic E-state index is 0.537. The van der Waals surface area contributed by atoms with Gasteiger partial charge in [-0.3, -0.25) is 0 Å². The van der Waals surface area contributed by atoms with Crippen LogP contribution < -0.4 is 11.1 Å². The maximum absolute atomic E-state index is 6.13. The van der Waals surface area contributed by atoms with Gasteiger partial charge in [-0.05, 0) is 81.9 Å². The molecule has 3 aliphatic rings. The second-order valence-corrected chi connectivity index (χ2v) is 8.75. The van der Waals surface area contributed by atoms with Gasteiger partial charge in [-0.15, -0.1) is 0 Å². The van der Waals surface area contributed by atoms with Gasteiger partial charge in [0.25, 0.3) is 0 Å². The molecule has 3 N–H and O–H groups in total. The van der Waals surface area contributed by atoms with Gasteiger partial charge in [0.1, 0.15) is 0 Å². The van der Waals surface area contributed by atoms with Crippen LogP contribution in [0.2, 0.25) is 0 Å². The monoisotopic (exact) mass is 357 g/mol. The summed E-state index contributed by atoms with van der Waals surface area (Å²) in [6, 6.07) is 7.59. The average Bonchev–Trinajstić information content (AvgIpc) is 3.49. The summed E-state index contributed by atoms with van der Waals surface area (Å²) in [5, 5.41) is 3.68. The van der Waals surface area contributed by atoms with Crippen LogP contribution >= 0.6 is 0 Å². The van der Waals surface area contributed by atoms with Crippen LogP contribution in [0.25, 0.3) is 0 Å². The van der Waals surface area contributed by atoms with Gasteiger partial charge in [-0.25, -0.2) is 0 Å². The van der Waals surface area contributed by atoms with Crippen LogP contribution in [0.3, 0.4) is 0 Å². The van der Waals surface area contributed by atoms with Gasteiger partial charge in [0.15, 0.2) is 0 Å². The smallest absolute Gasteiger partial charge is 0.0578 e. The lowest BCUT2D eigenvalue weighted by Gasteiger charge is -2.41. The number of nitrogens with zero attached hydrogens (tertiary/aromatic N) is 1. The first-order valence-corrected chi connectivity index (χ1v) is 10.7. The first kappa shape index (κ1) is 18.1. The van der Waals surface area contributed by atoms with Crippen molar-refractivity contribution in [2.45, 2.75) is 76.5 Å². The molecule has 2 saturated carbocycles. The molecule has 26 heavy (non-hydrogen) atoms. The summed E-state index contributed by atoms with van der Waals surface area (Å²) in [7, 11) is 0. The third-order valence-electron chi connectivity index (χ3n) is 6.52. The van der Waals surface area contributed by atoms with Crippen LogP contribution in [-0.2, 0) is 4.74 Å². The van der Waals surface area contributed by atoms with Crippen molar-refractivity contribution in [2.75, 3.05) is 30.7 Å². The van der Waals surface area contributed by atoms with Crippen LogP contribution in [-0.4, -0.2) is 42.8 Å². The predicted molar refractivity (Wildman–Crippen MR) is 109 cm³/mol. The Balaban J connectivity index is 1.19. The molecule has 3 fully saturated rings. The SMILES string of the molecule is Cc1ccc(N)c(NC2CCN(C3CCC(OCC4CC4)CC3)CC2)c1. The molecule has 0 radical (unpaired) electrons. The number of likely N-dealkylation sites (tertiary alicyclic amines) is 1. The summed E-state index contributed by atoms with van der Waals surface area (Å²) in [4.78, 5) is 2.73. The number of hydrogen-bond acceptors (Lipinski definition) is 4. The highest BCUT2D eigenvalue weighted by atomic mass is 16.5. The number of nitrogens with two attached hydrogens (primary N) is 1. The van der Waals surface area contributed by atoms with E-state index in [-0.39, 0.29) is 0 Å². The predicted octanol–water partition coefficient (Wildman–Crippen LogP) is 4.19. The van der Waals surface area contributed by atoms with Crippen molar-refractivity contribution in [3.8, 4) is 0 Å². The average molecular weight is 358 g/mol. The number of anilines is 2. The van der Waals surface area contributed by atoms with Gasteiger partial charge in [-0.1, -0.05) is 6.07 Å². The van der Waals surface area contributed by atoms with Gasteiger partial charge < -0.3 is 20.7 Å². The zero-order valence-corrected chi connectivity index (χ0v) is 16.3. The second-order valence-electron chi connectivity index (χ2n) is 8.75. The zero-order valence-electron chi connectivity index (χ0n) is 16.3. The molecule has 0 unspecified atom stereocenters. The Bertz CT molecular complexity index is 585. The Morgan fingerprint density at radius 3 is 2.46 bits per heavy atom. The van der Waals surface area contributed by atoms with Crippen molar-refractivity contribution in [3.05, 3.63) is 23.8 Å². The molecule has 1 aromatic carbocycles. The normalized spacial score (nSPS) is 28.2. The standard InChI is InChI=1S/C22H35N3O/c1-16-2-9-21(23)22(14-16)24-18-10-12-25(13-11-18)19-5-7-20(8-6-19)26-15-17-3-4-17/h2,9,14,17-20,24H,3-8,10-13,15,23H2,1H3. The number of piperidine rings is 1. The van der Waals surface area contributed by atoms with Crippen LogP contribution in [0.4, 0.5) is 11.4 Å². The first-order valence-electron chi connectivity index (χ1n) is 10.7. The molecule has 0 aromatic heterocycles. The summed E-state index contributed by atoms with van der Waals surface area (Å²) in [5.41, 5.74) is 9.36. The van der Waals surface area contributed by atoms with Crippen LogP contribution in [0.5, 0.6) is 0 Å². The molecule has 4 heteroatoms. The molecule has 0 spiro atoms. The van der Waals surface area contributed by atoms with E-state index in [9.17, 15) is 0 Å². The van der Waals surface area contributed by atoms with Crippen molar-refractivity contribution in [1.82, 2.24) is 4.90 Å². The largest absolute Gasteiger partial charge is 0.397 e. The number of nitrogens with one attached hydrogen (secondary N) is 1. The van der Waals surface area contributed by atoms with Crippen molar-refractivity contribution in [1.29, 1.82) is 0 Å². The van der Waals surface area contributed by atoms with Crippen LogP contribution in [0.15, 0.2) is 18.2 Å². The van der Waals surface area contributed by atoms with E-state index in [0.717, 1.165) is 29.9 Å².